The number of hydrogen-bond donors (Lipinski definition) is 1. The molecule has 1 N–H and O–H groups in total. The van der Waals surface area contributed by atoms with Gasteiger partial charge in [-0.25, -0.2) is 4.79 Å². The summed E-state index contributed by atoms with van der Waals surface area (Å²) in [4.78, 5) is 13.1. The molecule has 0 amide bonds. The fourth-order valence-corrected chi connectivity index (χ4v) is 2.35. The summed E-state index contributed by atoms with van der Waals surface area (Å²) < 4.78 is 0. The molecule has 0 radical (unpaired) electrons. The highest BCUT2D eigenvalue weighted by Crippen LogP contribution is 2.28. The van der Waals surface area contributed by atoms with Gasteiger partial charge in [-0.3, -0.25) is 0 Å². The molecule has 1 aromatic carbocycles. The van der Waals surface area contributed by atoms with E-state index in [0.717, 1.165) is 18.8 Å². The fraction of sp³-hybridized carbons (Fsp3) is 0.533. The van der Waals surface area contributed by atoms with E-state index >= 15 is 0 Å². The molecular formula is C15H22ClNO2. The van der Waals surface area contributed by atoms with E-state index in [4.69, 9.17) is 16.7 Å². The quantitative estimate of drug-likeness (QED) is 0.852. The summed E-state index contributed by atoms with van der Waals surface area (Å²) in [5.41, 5.74) is 1.14. The number of carbonyl (C=O) groups is 1. The van der Waals surface area contributed by atoms with E-state index in [1.807, 2.05) is 0 Å². The molecule has 19 heavy (non-hydrogen) atoms. The van der Waals surface area contributed by atoms with Crippen LogP contribution in [0, 0.1) is 11.8 Å². The van der Waals surface area contributed by atoms with E-state index in [1.54, 1.807) is 12.1 Å². The zero-order chi connectivity index (χ0) is 14.6. The van der Waals surface area contributed by atoms with Crippen LogP contribution in [-0.4, -0.2) is 24.2 Å². The summed E-state index contributed by atoms with van der Waals surface area (Å²) in [5.74, 6) is 0.0932. The first-order valence-electron chi connectivity index (χ1n) is 6.59. The van der Waals surface area contributed by atoms with E-state index in [1.165, 1.54) is 6.07 Å². The number of nitrogens with zero attached hydrogens (tertiary/aromatic N) is 1. The Labute approximate surface area is 120 Å². The van der Waals surface area contributed by atoms with Gasteiger partial charge in [-0.1, -0.05) is 39.3 Å². The summed E-state index contributed by atoms with van der Waals surface area (Å²) in [5, 5.41) is 9.46. The van der Waals surface area contributed by atoms with Gasteiger partial charge in [0.25, 0.3) is 0 Å². The van der Waals surface area contributed by atoms with Crippen LogP contribution in [0.1, 0.15) is 38.1 Å². The Balaban J connectivity index is 3.04. The largest absolute Gasteiger partial charge is 0.478 e. The van der Waals surface area contributed by atoms with Crippen molar-refractivity contribution in [2.24, 2.45) is 11.8 Å². The molecule has 106 valence electrons. The SMILES string of the molecule is CC(C)CN(CC(C)C)c1ccc(C(=O)O)cc1Cl. The second-order valence-corrected chi connectivity index (χ2v) is 6.07. The lowest BCUT2D eigenvalue weighted by Gasteiger charge is -2.29. The molecule has 1 aromatic rings. The third-order valence-corrected chi connectivity index (χ3v) is 3.01. The van der Waals surface area contributed by atoms with Crippen molar-refractivity contribution in [3.63, 3.8) is 0 Å². The van der Waals surface area contributed by atoms with Crippen molar-refractivity contribution in [2.45, 2.75) is 27.7 Å². The minimum absolute atomic E-state index is 0.225. The van der Waals surface area contributed by atoms with Crippen LogP contribution in [0.3, 0.4) is 0 Å². The zero-order valence-corrected chi connectivity index (χ0v) is 12.7. The molecule has 0 spiro atoms. The number of carboxylic acids is 1. The van der Waals surface area contributed by atoms with Gasteiger partial charge in [0.1, 0.15) is 0 Å². The highest BCUT2D eigenvalue weighted by Gasteiger charge is 2.15. The van der Waals surface area contributed by atoms with Crippen LogP contribution in [0.25, 0.3) is 0 Å². The summed E-state index contributed by atoms with van der Waals surface area (Å²) in [6, 6.07) is 4.93. The molecule has 1 rings (SSSR count). The lowest BCUT2D eigenvalue weighted by atomic mass is 10.1. The Kier molecular flexibility index (Phi) is 5.67. The highest BCUT2D eigenvalue weighted by molar-refractivity contribution is 6.33. The average molecular weight is 284 g/mol. The standard InChI is InChI=1S/C15H22ClNO2/c1-10(2)8-17(9-11(3)4)14-6-5-12(15(18)19)7-13(14)16/h5-7,10-11H,8-9H2,1-4H3,(H,18,19). The van der Waals surface area contributed by atoms with E-state index in [2.05, 4.69) is 32.6 Å². The number of hydrogen-bond acceptors (Lipinski definition) is 2. The van der Waals surface area contributed by atoms with Gasteiger partial charge in [0, 0.05) is 13.1 Å². The van der Waals surface area contributed by atoms with E-state index < -0.39 is 5.97 Å². The summed E-state index contributed by atoms with van der Waals surface area (Å²) in [7, 11) is 0. The van der Waals surface area contributed by atoms with E-state index in [9.17, 15) is 4.79 Å². The van der Waals surface area contributed by atoms with Gasteiger partial charge in [-0.05, 0) is 30.0 Å². The van der Waals surface area contributed by atoms with Gasteiger partial charge >= 0.3 is 5.97 Å². The van der Waals surface area contributed by atoms with E-state index in [-0.39, 0.29) is 5.56 Å². The van der Waals surface area contributed by atoms with Gasteiger partial charge < -0.3 is 10.0 Å². The first-order valence-corrected chi connectivity index (χ1v) is 6.96. The van der Waals surface area contributed by atoms with Crippen molar-refractivity contribution in [1.29, 1.82) is 0 Å². The van der Waals surface area contributed by atoms with Crippen molar-refractivity contribution in [3.8, 4) is 0 Å². The van der Waals surface area contributed by atoms with Gasteiger partial charge in [-0.2, -0.15) is 0 Å². The van der Waals surface area contributed by atoms with Gasteiger partial charge in [-0.15, -0.1) is 0 Å². The Morgan fingerprint density at radius 3 is 2.11 bits per heavy atom. The molecule has 0 unspecified atom stereocenters. The molecule has 0 heterocycles. The molecule has 0 bridgehead atoms. The summed E-state index contributed by atoms with van der Waals surface area (Å²) in [6.45, 7) is 10.5. The predicted octanol–water partition coefficient (Wildman–Crippen LogP) is 4.16. The highest BCUT2D eigenvalue weighted by atomic mass is 35.5. The predicted molar refractivity (Wildman–Crippen MR) is 80.3 cm³/mol. The van der Waals surface area contributed by atoms with Crippen LogP contribution in [0.5, 0.6) is 0 Å². The maximum absolute atomic E-state index is 10.9. The second kappa shape index (κ2) is 6.80. The third-order valence-electron chi connectivity index (χ3n) is 2.71. The van der Waals surface area contributed by atoms with Crippen molar-refractivity contribution in [1.82, 2.24) is 0 Å². The zero-order valence-electron chi connectivity index (χ0n) is 12.0. The van der Waals surface area contributed by atoms with Crippen LogP contribution < -0.4 is 4.90 Å². The Bertz CT molecular complexity index is 434. The molecule has 0 aliphatic heterocycles. The second-order valence-electron chi connectivity index (χ2n) is 5.66. The molecule has 0 aliphatic rings. The molecular weight excluding hydrogens is 262 g/mol. The Hall–Kier alpha value is -1.22. The maximum atomic E-state index is 10.9. The molecule has 0 aromatic heterocycles. The number of aromatic carboxylic acids is 1. The molecule has 0 saturated heterocycles. The number of halogens is 1. The Morgan fingerprint density at radius 2 is 1.74 bits per heavy atom. The summed E-state index contributed by atoms with van der Waals surface area (Å²) in [6.07, 6.45) is 0. The smallest absolute Gasteiger partial charge is 0.335 e. The molecule has 0 fully saturated rings. The van der Waals surface area contributed by atoms with Crippen molar-refractivity contribution in [2.75, 3.05) is 18.0 Å². The number of benzene rings is 1. The normalized spacial score (nSPS) is 11.1. The van der Waals surface area contributed by atoms with Crippen molar-refractivity contribution in [3.05, 3.63) is 28.8 Å². The van der Waals surface area contributed by atoms with Gasteiger partial charge in [0.05, 0.1) is 16.3 Å². The molecule has 3 nitrogen and oxygen atoms in total. The summed E-state index contributed by atoms with van der Waals surface area (Å²) >= 11 is 6.23. The number of carboxylic acid groups (broad SMARTS) is 1. The minimum atomic E-state index is -0.951. The van der Waals surface area contributed by atoms with Crippen molar-refractivity contribution < 1.29 is 9.90 Å². The van der Waals surface area contributed by atoms with Crippen LogP contribution in [0.4, 0.5) is 5.69 Å². The number of rotatable bonds is 6. The molecule has 0 saturated carbocycles. The first kappa shape index (κ1) is 15.8. The van der Waals surface area contributed by atoms with Crippen LogP contribution in [0.2, 0.25) is 5.02 Å². The molecule has 0 atom stereocenters. The van der Waals surface area contributed by atoms with Crippen molar-refractivity contribution >= 4 is 23.3 Å². The lowest BCUT2D eigenvalue weighted by Crippen LogP contribution is -2.31. The first-order chi connectivity index (χ1) is 8.81. The minimum Gasteiger partial charge on any atom is -0.478 e. The molecule has 0 aliphatic carbocycles. The van der Waals surface area contributed by atoms with Gasteiger partial charge in [0.2, 0.25) is 0 Å². The monoisotopic (exact) mass is 283 g/mol. The lowest BCUT2D eigenvalue weighted by molar-refractivity contribution is 0.0697. The average Bonchev–Trinajstić information content (AvgIpc) is 2.26. The van der Waals surface area contributed by atoms with Crippen LogP contribution >= 0.6 is 11.6 Å². The number of anilines is 1. The maximum Gasteiger partial charge on any atom is 0.335 e. The topological polar surface area (TPSA) is 40.5 Å². The third kappa shape index (κ3) is 4.75. The van der Waals surface area contributed by atoms with Crippen LogP contribution in [0.15, 0.2) is 18.2 Å². The fourth-order valence-electron chi connectivity index (χ4n) is 2.05. The van der Waals surface area contributed by atoms with Gasteiger partial charge in [0.15, 0.2) is 0 Å². The van der Waals surface area contributed by atoms with E-state index in [0.29, 0.717) is 16.9 Å². The Morgan fingerprint density at radius 1 is 1.21 bits per heavy atom. The molecule has 4 heteroatoms. The van der Waals surface area contributed by atoms with Crippen LogP contribution in [-0.2, 0) is 0 Å².